The van der Waals surface area contributed by atoms with E-state index in [4.69, 9.17) is 9.72 Å². The molecular weight excluding hydrogens is 428 g/mol. The van der Waals surface area contributed by atoms with E-state index >= 15 is 0 Å². The summed E-state index contributed by atoms with van der Waals surface area (Å²) in [5.41, 5.74) is 4.44. The van der Waals surface area contributed by atoms with Crippen molar-refractivity contribution >= 4 is 22.4 Å². The van der Waals surface area contributed by atoms with Gasteiger partial charge >= 0.3 is 0 Å². The van der Waals surface area contributed by atoms with Gasteiger partial charge in [0.15, 0.2) is 4.96 Å². The van der Waals surface area contributed by atoms with E-state index in [2.05, 4.69) is 6.92 Å². The monoisotopic (exact) mass is 452 g/mol. The normalized spacial score (nSPS) is 11.8. The van der Waals surface area contributed by atoms with Crippen molar-refractivity contribution in [2.75, 3.05) is 6.61 Å². The summed E-state index contributed by atoms with van der Waals surface area (Å²) in [5, 5.41) is 0. The Hall–Kier alpha value is -3.70. The maximum Gasteiger partial charge on any atom is 0.274 e. The van der Waals surface area contributed by atoms with E-state index in [1.807, 2.05) is 91.0 Å². The molecule has 2 aromatic heterocycles. The SMILES string of the molecule is CCCCOc1ccccc1/C=c1\sc2nc(-c3ccccc3)c(-c3ccccc3)n2c1=O. The van der Waals surface area contributed by atoms with Crippen molar-refractivity contribution in [2.24, 2.45) is 0 Å². The fraction of sp³-hybridized carbons (Fsp3) is 0.143. The van der Waals surface area contributed by atoms with Gasteiger partial charge in [0.05, 0.1) is 22.5 Å². The van der Waals surface area contributed by atoms with Gasteiger partial charge in [0.1, 0.15) is 5.75 Å². The Morgan fingerprint density at radius 2 is 1.58 bits per heavy atom. The number of rotatable bonds is 7. The number of fused-ring (bicyclic) bond motifs is 1. The highest BCUT2D eigenvalue weighted by molar-refractivity contribution is 7.15. The summed E-state index contributed by atoms with van der Waals surface area (Å²) in [7, 11) is 0. The molecule has 164 valence electrons. The van der Waals surface area contributed by atoms with Gasteiger partial charge in [-0.25, -0.2) is 9.38 Å². The standard InChI is InChI=1S/C28H24N2O2S/c1-2-3-18-32-23-17-11-10-16-22(23)19-24-27(31)30-26(21-14-8-5-9-15-21)25(29-28(30)33-24)20-12-6-4-7-13-20/h4-17,19H,2-3,18H2,1H3/b24-19-. The number of hydrogen-bond acceptors (Lipinski definition) is 4. The van der Waals surface area contributed by atoms with E-state index in [0.29, 0.717) is 16.1 Å². The lowest BCUT2D eigenvalue weighted by molar-refractivity contribution is 0.309. The van der Waals surface area contributed by atoms with Crippen molar-refractivity contribution in [3.05, 3.63) is 105 Å². The van der Waals surface area contributed by atoms with Crippen molar-refractivity contribution in [1.82, 2.24) is 9.38 Å². The predicted octanol–water partition coefficient (Wildman–Crippen LogP) is 5.82. The third kappa shape index (κ3) is 4.20. The van der Waals surface area contributed by atoms with Crippen LogP contribution in [0.5, 0.6) is 5.75 Å². The minimum absolute atomic E-state index is 0.0631. The van der Waals surface area contributed by atoms with Crippen LogP contribution < -0.4 is 14.8 Å². The lowest BCUT2D eigenvalue weighted by Gasteiger charge is -2.08. The van der Waals surface area contributed by atoms with E-state index in [1.165, 1.54) is 11.3 Å². The van der Waals surface area contributed by atoms with Crippen LogP contribution in [0.1, 0.15) is 25.3 Å². The average Bonchev–Trinajstić information content (AvgIpc) is 3.38. The molecule has 0 radical (unpaired) electrons. The second-order valence-corrected chi connectivity index (χ2v) is 8.82. The second kappa shape index (κ2) is 9.43. The summed E-state index contributed by atoms with van der Waals surface area (Å²) in [6.07, 6.45) is 3.99. The zero-order valence-corrected chi connectivity index (χ0v) is 19.2. The molecule has 4 nitrogen and oxygen atoms in total. The Balaban J connectivity index is 1.69. The van der Waals surface area contributed by atoms with Crippen LogP contribution in [-0.2, 0) is 0 Å². The van der Waals surface area contributed by atoms with Crippen LogP contribution in [0.4, 0.5) is 0 Å². The molecular formula is C28H24N2O2S. The molecule has 0 bridgehead atoms. The van der Waals surface area contributed by atoms with Crippen molar-refractivity contribution in [3.8, 4) is 28.3 Å². The Morgan fingerprint density at radius 1 is 0.909 bits per heavy atom. The summed E-state index contributed by atoms with van der Waals surface area (Å²) in [6.45, 7) is 2.80. The zero-order chi connectivity index (χ0) is 22.6. The quantitative estimate of drug-likeness (QED) is 0.292. The molecule has 0 unspecified atom stereocenters. The molecule has 0 N–H and O–H groups in total. The van der Waals surface area contributed by atoms with Gasteiger partial charge in [-0.3, -0.25) is 4.79 Å². The predicted molar refractivity (Wildman–Crippen MR) is 136 cm³/mol. The molecule has 0 saturated heterocycles. The van der Waals surface area contributed by atoms with Crippen LogP contribution in [0.2, 0.25) is 0 Å². The molecule has 2 heterocycles. The number of para-hydroxylation sites is 1. The van der Waals surface area contributed by atoms with Crippen molar-refractivity contribution in [2.45, 2.75) is 19.8 Å². The smallest absolute Gasteiger partial charge is 0.274 e. The maximum absolute atomic E-state index is 13.6. The number of benzene rings is 3. The average molecular weight is 453 g/mol. The second-order valence-electron chi connectivity index (χ2n) is 7.81. The van der Waals surface area contributed by atoms with Crippen LogP contribution in [0.25, 0.3) is 33.6 Å². The minimum Gasteiger partial charge on any atom is -0.493 e. The van der Waals surface area contributed by atoms with E-state index in [1.54, 1.807) is 4.40 Å². The van der Waals surface area contributed by atoms with Gasteiger partial charge in [-0.2, -0.15) is 0 Å². The van der Waals surface area contributed by atoms with Gasteiger partial charge in [0.25, 0.3) is 5.56 Å². The van der Waals surface area contributed by atoms with Crippen molar-refractivity contribution in [1.29, 1.82) is 0 Å². The van der Waals surface area contributed by atoms with E-state index in [0.717, 1.165) is 46.7 Å². The first-order chi connectivity index (χ1) is 16.3. The first-order valence-corrected chi connectivity index (χ1v) is 12.0. The van der Waals surface area contributed by atoms with Gasteiger partial charge in [-0.15, -0.1) is 0 Å². The third-order valence-corrected chi connectivity index (χ3v) is 6.49. The number of hydrogen-bond donors (Lipinski definition) is 0. The van der Waals surface area contributed by atoms with Crippen molar-refractivity contribution < 1.29 is 4.74 Å². The molecule has 33 heavy (non-hydrogen) atoms. The number of thiazole rings is 1. The van der Waals surface area contributed by atoms with Gasteiger partial charge in [0.2, 0.25) is 0 Å². The van der Waals surface area contributed by atoms with Gasteiger partial charge in [-0.1, -0.05) is 104 Å². The topological polar surface area (TPSA) is 43.6 Å². The summed E-state index contributed by atoms with van der Waals surface area (Å²) in [5.74, 6) is 0.796. The molecule has 0 aliphatic heterocycles. The molecule has 0 fully saturated rings. The largest absolute Gasteiger partial charge is 0.493 e. The van der Waals surface area contributed by atoms with Crippen molar-refractivity contribution in [3.63, 3.8) is 0 Å². The highest BCUT2D eigenvalue weighted by Gasteiger charge is 2.20. The lowest BCUT2D eigenvalue weighted by Crippen LogP contribution is -2.23. The summed E-state index contributed by atoms with van der Waals surface area (Å²) < 4.78 is 8.35. The molecule has 0 atom stereocenters. The van der Waals surface area contributed by atoms with Crippen LogP contribution in [0.3, 0.4) is 0 Å². The number of nitrogens with zero attached hydrogens (tertiary/aromatic N) is 2. The molecule has 5 rings (SSSR count). The Morgan fingerprint density at radius 3 is 2.30 bits per heavy atom. The molecule has 5 heteroatoms. The number of aromatic nitrogens is 2. The molecule has 3 aromatic carbocycles. The number of imidazole rings is 1. The third-order valence-electron chi connectivity index (χ3n) is 5.52. The maximum atomic E-state index is 13.6. The minimum atomic E-state index is -0.0631. The van der Waals surface area contributed by atoms with Crippen LogP contribution in [0, 0.1) is 0 Å². The Kier molecular flexibility index (Phi) is 6.05. The lowest BCUT2D eigenvalue weighted by atomic mass is 10.1. The summed E-state index contributed by atoms with van der Waals surface area (Å²) in [4.78, 5) is 19.2. The molecule has 0 saturated carbocycles. The van der Waals surface area contributed by atoms with Crippen LogP contribution >= 0.6 is 11.3 Å². The highest BCUT2D eigenvalue weighted by atomic mass is 32.1. The zero-order valence-electron chi connectivity index (χ0n) is 18.4. The molecule has 0 aliphatic carbocycles. The molecule has 0 aliphatic rings. The first-order valence-electron chi connectivity index (χ1n) is 11.2. The first kappa shape index (κ1) is 21.2. The van der Waals surface area contributed by atoms with E-state index in [9.17, 15) is 4.79 Å². The van der Waals surface area contributed by atoms with Crippen LogP contribution in [-0.4, -0.2) is 16.0 Å². The van der Waals surface area contributed by atoms with E-state index < -0.39 is 0 Å². The summed E-state index contributed by atoms with van der Waals surface area (Å²) >= 11 is 1.41. The number of ether oxygens (including phenoxy) is 1. The molecule has 5 aromatic rings. The van der Waals surface area contributed by atoms with Gasteiger partial charge in [0, 0.05) is 16.7 Å². The molecule has 0 spiro atoms. The van der Waals surface area contributed by atoms with Gasteiger partial charge in [-0.05, 0) is 18.6 Å². The fourth-order valence-electron chi connectivity index (χ4n) is 3.86. The Labute approximate surface area is 196 Å². The summed E-state index contributed by atoms with van der Waals surface area (Å²) in [6, 6.07) is 27.9. The number of unbranched alkanes of at least 4 members (excludes halogenated alkanes) is 1. The fourth-order valence-corrected chi connectivity index (χ4v) is 4.82. The van der Waals surface area contributed by atoms with Gasteiger partial charge < -0.3 is 4.74 Å². The highest BCUT2D eigenvalue weighted by Crippen LogP contribution is 2.32. The van der Waals surface area contributed by atoms with E-state index in [-0.39, 0.29) is 5.56 Å². The molecule has 0 amide bonds. The van der Waals surface area contributed by atoms with Crippen LogP contribution in [0.15, 0.2) is 89.7 Å². The Bertz CT molecular complexity index is 1490.